The van der Waals surface area contributed by atoms with Crippen LogP contribution in [0, 0.1) is 0 Å². The summed E-state index contributed by atoms with van der Waals surface area (Å²) in [7, 11) is 0. The minimum atomic E-state index is 0.796. The van der Waals surface area contributed by atoms with Crippen LogP contribution in [0.5, 0.6) is 0 Å². The molecule has 250 valence electrons. The van der Waals surface area contributed by atoms with Gasteiger partial charge in [0.2, 0.25) is 0 Å². The Bertz CT molecular complexity index is 2950. The first-order valence-corrected chi connectivity index (χ1v) is 18.4. The molecule has 0 atom stereocenters. The van der Waals surface area contributed by atoms with Crippen LogP contribution in [0.4, 0.5) is 5.69 Å². The van der Waals surface area contributed by atoms with Gasteiger partial charge in [-0.05, 0) is 107 Å². The van der Waals surface area contributed by atoms with Gasteiger partial charge in [-0.3, -0.25) is 9.98 Å². The SMILES string of the molecule is C1=Cc2c(n(-c3ccccc3)c3ccc(-c4cc5c(c(-c6ccc7c(c6)c6cnccc6n7-c6ccccc6)c4)N=C(c4ccccc4)C5)cc23)CC1. The van der Waals surface area contributed by atoms with Crippen molar-refractivity contribution < 1.29 is 0 Å². The number of aromatic nitrogens is 3. The van der Waals surface area contributed by atoms with Gasteiger partial charge in [0, 0.05) is 63.2 Å². The van der Waals surface area contributed by atoms with Crippen molar-refractivity contribution in [1.29, 1.82) is 0 Å². The lowest BCUT2D eigenvalue weighted by molar-refractivity contribution is 0.888. The molecule has 2 aliphatic rings. The van der Waals surface area contributed by atoms with Crippen LogP contribution in [0.15, 0.2) is 169 Å². The quantitative estimate of drug-likeness (QED) is 0.178. The minimum absolute atomic E-state index is 0.796. The summed E-state index contributed by atoms with van der Waals surface area (Å²) in [5.41, 5.74) is 18.0. The Morgan fingerprint density at radius 2 is 1.21 bits per heavy atom. The van der Waals surface area contributed by atoms with Crippen LogP contribution in [0.1, 0.15) is 28.8 Å². The Kier molecular flexibility index (Phi) is 6.71. The van der Waals surface area contributed by atoms with E-state index in [0.717, 1.165) is 63.9 Å². The zero-order chi connectivity index (χ0) is 34.9. The Hall–Kier alpha value is -6.78. The number of benzene rings is 6. The van der Waals surface area contributed by atoms with Gasteiger partial charge in [0.1, 0.15) is 0 Å². The summed E-state index contributed by atoms with van der Waals surface area (Å²) < 4.78 is 4.80. The van der Waals surface area contributed by atoms with Gasteiger partial charge >= 0.3 is 0 Å². The molecule has 0 radical (unpaired) electrons. The largest absolute Gasteiger partial charge is 0.313 e. The molecule has 0 bridgehead atoms. The lowest BCUT2D eigenvalue weighted by Gasteiger charge is -2.13. The van der Waals surface area contributed by atoms with Crippen molar-refractivity contribution in [3.05, 3.63) is 186 Å². The van der Waals surface area contributed by atoms with Gasteiger partial charge < -0.3 is 9.13 Å². The fourth-order valence-electron chi connectivity index (χ4n) is 8.66. The number of pyridine rings is 1. The molecule has 0 unspecified atom stereocenters. The molecule has 4 heterocycles. The molecule has 53 heavy (non-hydrogen) atoms. The van der Waals surface area contributed by atoms with E-state index in [2.05, 4.69) is 172 Å². The van der Waals surface area contributed by atoms with Crippen LogP contribution < -0.4 is 0 Å². The Morgan fingerprint density at radius 3 is 2.00 bits per heavy atom. The predicted octanol–water partition coefficient (Wildman–Crippen LogP) is 12.1. The highest BCUT2D eigenvalue weighted by atomic mass is 15.0. The molecular weight excluding hydrogens is 645 g/mol. The number of aliphatic imine (C=N–C) groups is 1. The Morgan fingerprint density at radius 1 is 0.528 bits per heavy atom. The highest BCUT2D eigenvalue weighted by molar-refractivity contribution is 6.12. The van der Waals surface area contributed by atoms with Crippen molar-refractivity contribution in [1.82, 2.24) is 14.1 Å². The second-order valence-electron chi connectivity index (χ2n) is 14.1. The molecule has 1 aliphatic heterocycles. The van der Waals surface area contributed by atoms with E-state index in [1.807, 2.05) is 12.4 Å². The molecule has 0 spiro atoms. The molecule has 6 aromatic carbocycles. The van der Waals surface area contributed by atoms with Gasteiger partial charge in [-0.15, -0.1) is 0 Å². The highest BCUT2D eigenvalue weighted by Gasteiger charge is 2.24. The lowest BCUT2D eigenvalue weighted by atomic mass is 9.92. The molecule has 3 aromatic heterocycles. The molecule has 0 N–H and O–H groups in total. The zero-order valence-corrected chi connectivity index (χ0v) is 29.1. The van der Waals surface area contributed by atoms with E-state index in [0.29, 0.717) is 0 Å². The van der Waals surface area contributed by atoms with E-state index in [1.54, 1.807) is 0 Å². The highest BCUT2D eigenvalue weighted by Crippen LogP contribution is 2.45. The van der Waals surface area contributed by atoms with E-state index in [9.17, 15) is 0 Å². The van der Waals surface area contributed by atoms with Crippen LogP contribution in [0.25, 0.3) is 72.4 Å². The summed E-state index contributed by atoms with van der Waals surface area (Å²) in [6.07, 6.45) is 11.4. The summed E-state index contributed by atoms with van der Waals surface area (Å²) in [4.78, 5) is 9.92. The third kappa shape index (κ3) is 4.76. The molecule has 0 amide bonds. The second-order valence-corrected chi connectivity index (χ2v) is 14.1. The molecule has 0 saturated carbocycles. The molecule has 9 aromatic rings. The van der Waals surface area contributed by atoms with E-state index in [1.165, 1.54) is 55.5 Å². The predicted molar refractivity (Wildman–Crippen MR) is 220 cm³/mol. The molecule has 4 nitrogen and oxygen atoms in total. The first-order valence-electron chi connectivity index (χ1n) is 18.4. The van der Waals surface area contributed by atoms with E-state index in [4.69, 9.17) is 4.99 Å². The number of rotatable bonds is 5. The number of allylic oxidation sites excluding steroid dienone is 1. The van der Waals surface area contributed by atoms with E-state index in [-0.39, 0.29) is 0 Å². The number of hydrogen-bond acceptors (Lipinski definition) is 2. The van der Waals surface area contributed by atoms with E-state index >= 15 is 0 Å². The molecule has 0 saturated heterocycles. The van der Waals surface area contributed by atoms with Crippen LogP contribution in [0.3, 0.4) is 0 Å². The first kappa shape index (κ1) is 29.9. The first-order chi connectivity index (χ1) is 26.3. The molecule has 1 aliphatic carbocycles. The fourth-order valence-corrected chi connectivity index (χ4v) is 8.66. The normalized spacial score (nSPS) is 13.5. The van der Waals surface area contributed by atoms with Crippen LogP contribution >= 0.6 is 0 Å². The van der Waals surface area contributed by atoms with Crippen molar-refractivity contribution in [2.24, 2.45) is 4.99 Å². The van der Waals surface area contributed by atoms with Crippen molar-refractivity contribution in [3.63, 3.8) is 0 Å². The van der Waals surface area contributed by atoms with Gasteiger partial charge in [-0.25, -0.2) is 0 Å². The minimum Gasteiger partial charge on any atom is -0.313 e. The van der Waals surface area contributed by atoms with Crippen molar-refractivity contribution in [2.45, 2.75) is 19.3 Å². The second kappa shape index (κ2) is 11.9. The van der Waals surface area contributed by atoms with E-state index < -0.39 is 0 Å². The van der Waals surface area contributed by atoms with Crippen molar-refractivity contribution in [2.75, 3.05) is 0 Å². The summed E-state index contributed by atoms with van der Waals surface area (Å²) >= 11 is 0. The summed E-state index contributed by atoms with van der Waals surface area (Å²) in [6, 6.07) is 52.8. The third-order valence-corrected chi connectivity index (χ3v) is 11.1. The Balaban J connectivity index is 1.12. The maximum atomic E-state index is 5.36. The summed E-state index contributed by atoms with van der Waals surface area (Å²) in [6.45, 7) is 0. The number of nitrogens with zero attached hydrogens (tertiary/aromatic N) is 4. The Labute approximate surface area is 307 Å². The molecule has 11 rings (SSSR count). The maximum Gasteiger partial charge on any atom is 0.0748 e. The molecule has 0 fully saturated rings. The molecule has 4 heteroatoms. The van der Waals surface area contributed by atoms with Gasteiger partial charge in [0.05, 0.1) is 27.9 Å². The zero-order valence-electron chi connectivity index (χ0n) is 29.1. The average Bonchev–Trinajstić information content (AvgIpc) is 3.91. The van der Waals surface area contributed by atoms with Crippen LogP contribution in [-0.4, -0.2) is 19.8 Å². The van der Waals surface area contributed by atoms with Gasteiger partial charge in [-0.1, -0.05) is 91.0 Å². The van der Waals surface area contributed by atoms with Crippen molar-refractivity contribution in [3.8, 4) is 33.6 Å². The van der Waals surface area contributed by atoms with Crippen LogP contribution in [-0.2, 0) is 12.8 Å². The van der Waals surface area contributed by atoms with Crippen LogP contribution in [0.2, 0.25) is 0 Å². The fraction of sp³-hybridized carbons (Fsp3) is 0.0612. The number of fused-ring (bicyclic) bond motifs is 7. The van der Waals surface area contributed by atoms with Gasteiger partial charge in [0.15, 0.2) is 0 Å². The summed E-state index contributed by atoms with van der Waals surface area (Å²) in [5.74, 6) is 0. The third-order valence-electron chi connectivity index (χ3n) is 11.1. The molecular formula is C49H34N4. The monoisotopic (exact) mass is 678 g/mol. The number of hydrogen-bond donors (Lipinski definition) is 0. The smallest absolute Gasteiger partial charge is 0.0748 e. The summed E-state index contributed by atoms with van der Waals surface area (Å²) in [5, 5.41) is 3.62. The van der Waals surface area contributed by atoms with Crippen molar-refractivity contribution >= 4 is 50.2 Å². The van der Waals surface area contributed by atoms with Gasteiger partial charge in [0.25, 0.3) is 0 Å². The van der Waals surface area contributed by atoms with Gasteiger partial charge in [-0.2, -0.15) is 0 Å². The standard InChI is InChI=1S/C49H34N4/c1-4-12-32(13-5-1)44-30-36-26-35(33-20-22-46-41(27-33)39-18-10-11-19-45(39)52(46)37-14-6-2-7-15-37)29-40(49(36)51-44)34-21-23-47-42(28-34)43-31-50-25-24-48(43)53(47)38-16-8-3-9-17-38/h1-10,12-18,20-29,31H,11,19,30H2. The number of para-hydroxylation sites is 2. The lowest BCUT2D eigenvalue weighted by Crippen LogP contribution is -2.02. The maximum absolute atomic E-state index is 5.36. The topological polar surface area (TPSA) is 35.1 Å². The average molecular weight is 679 g/mol.